The van der Waals surface area contributed by atoms with Crippen LogP contribution in [0.2, 0.25) is 0 Å². The Morgan fingerprint density at radius 2 is 2.00 bits per heavy atom. The number of rotatable bonds is 2. The standard InChI is InChI=1S/C17H15BrO3/c1-10-3-5-11(6-4-10)13-9-14(18)15(17(19)20-2)12-7-8-21-16(12)13/h3-6,9H,7-8H2,1-2H3. The molecule has 1 aliphatic rings. The Kier molecular flexibility index (Phi) is 3.72. The molecule has 0 radical (unpaired) electrons. The first kappa shape index (κ1) is 14.1. The van der Waals surface area contributed by atoms with Crippen LogP contribution in [0.25, 0.3) is 11.1 Å². The fourth-order valence-electron chi connectivity index (χ4n) is 2.61. The van der Waals surface area contributed by atoms with E-state index in [0.717, 1.165) is 33.3 Å². The van der Waals surface area contributed by atoms with Crippen molar-refractivity contribution in [1.29, 1.82) is 0 Å². The number of ether oxygens (including phenoxy) is 2. The van der Waals surface area contributed by atoms with Gasteiger partial charge in [0.2, 0.25) is 0 Å². The van der Waals surface area contributed by atoms with Gasteiger partial charge in [-0.1, -0.05) is 29.8 Å². The van der Waals surface area contributed by atoms with Crippen LogP contribution in [0.3, 0.4) is 0 Å². The number of halogens is 1. The van der Waals surface area contributed by atoms with Crippen LogP contribution in [-0.2, 0) is 11.2 Å². The molecule has 3 nitrogen and oxygen atoms in total. The number of carbonyl (C=O) groups is 1. The lowest BCUT2D eigenvalue weighted by atomic mass is 9.96. The van der Waals surface area contributed by atoms with Gasteiger partial charge >= 0.3 is 5.97 Å². The largest absolute Gasteiger partial charge is 0.492 e. The van der Waals surface area contributed by atoms with E-state index in [1.165, 1.54) is 12.7 Å². The predicted octanol–water partition coefficient (Wildman–Crippen LogP) is 4.15. The zero-order chi connectivity index (χ0) is 15.0. The van der Waals surface area contributed by atoms with Crippen molar-refractivity contribution in [3.05, 3.63) is 51.5 Å². The number of aryl methyl sites for hydroxylation is 1. The van der Waals surface area contributed by atoms with E-state index in [1.54, 1.807) is 0 Å². The van der Waals surface area contributed by atoms with Crippen molar-refractivity contribution in [2.24, 2.45) is 0 Å². The molecular weight excluding hydrogens is 332 g/mol. The van der Waals surface area contributed by atoms with Gasteiger partial charge < -0.3 is 9.47 Å². The van der Waals surface area contributed by atoms with Gasteiger partial charge in [0.25, 0.3) is 0 Å². The Morgan fingerprint density at radius 1 is 1.29 bits per heavy atom. The van der Waals surface area contributed by atoms with Crippen molar-refractivity contribution in [3.63, 3.8) is 0 Å². The van der Waals surface area contributed by atoms with Crippen molar-refractivity contribution in [2.45, 2.75) is 13.3 Å². The highest BCUT2D eigenvalue weighted by Crippen LogP contribution is 2.42. The number of carbonyl (C=O) groups excluding carboxylic acids is 1. The number of hydrogen-bond donors (Lipinski definition) is 0. The van der Waals surface area contributed by atoms with Gasteiger partial charge in [0.05, 0.1) is 19.3 Å². The second kappa shape index (κ2) is 5.53. The summed E-state index contributed by atoms with van der Waals surface area (Å²) in [5.41, 5.74) is 4.78. The summed E-state index contributed by atoms with van der Waals surface area (Å²) in [6, 6.07) is 10.2. The van der Waals surface area contributed by atoms with Gasteiger partial charge in [0.15, 0.2) is 0 Å². The fourth-order valence-corrected chi connectivity index (χ4v) is 3.24. The molecule has 0 unspecified atom stereocenters. The first-order chi connectivity index (χ1) is 10.1. The molecular formula is C17H15BrO3. The lowest BCUT2D eigenvalue weighted by Gasteiger charge is -2.13. The molecule has 1 aliphatic heterocycles. The Hall–Kier alpha value is -1.81. The molecule has 0 saturated carbocycles. The minimum atomic E-state index is -0.334. The van der Waals surface area contributed by atoms with Crippen molar-refractivity contribution in [2.75, 3.05) is 13.7 Å². The molecule has 3 rings (SSSR count). The zero-order valence-electron chi connectivity index (χ0n) is 11.9. The van der Waals surface area contributed by atoms with Gasteiger partial charge in [-0.25, -0.2) is 4.79 Å². The molecule has 0 fully saturated rings. The number of hydrogen-bond acceptors (Lipinski definition) is 3. The van der Waals surface area contributed by atoms with E-state index in [2.05, 4.69) is 47.1 Å². The fraction of sp³-hybridized carbons (Fsp3) is 0.235. The van der Waals surface area contributed by atoms with E-state index in [1.807, 2.05) is 6.07 Å². The molecule has 0 aromatic heterocycles. The Bertz CT molecular complexity index is 705. The number of methoxy groups -OCH3 is 1. The van der Waals surface area contributed by atoms with Crippen LogP contribution in [0.1, 0.15) is 21.5 Å². The SMILES string of the molecule is COC(=O)c1c(Br)cc(-c2ccc(C)cc2)c2c1CCO2. The van der Waals surface area contributed by atoms with Crippen LogP contribution < -0.4 is 4.74 Å². The molecule has 108 valence electrons. The van der Waals surface area contributed by atoms with E-state index in [0.29, 0.717) is 12.2 Å². The van der Waals surface area contributed by atoms with Crippen molar-refractivity contribution in [1.82, 2.24) is 0 Å². The molecule has 0 aliphatic carbocycles. The van der Waals surface area contributed by atoms with Crippen LogP contribution in [0.15, 0.2) is 34.8 Å². The molecule has 0 N–H and O–H groups in total. The lowest BCUT2D eigenvalue weighted by molar-refractivity contribution is 0.0598. The summed E-state index contributed by atoms with van der Waals surface area (Å²) in [5, 5.41) is 0. The van der Waals surface area contributed by atoms with Gasteiger partial charge in [-0.3, -0.25) is 0 Å². The first-order valence-corrected chi connectivity index (χ1v) is 7.54. The van der Waals surface area contributed by atoms with Gasteiger partial charge in [-0.05, 0) is 34.5 Å². The Balaban J connectivity index is 2.20. The number of fused-ring (bicyclic) bond motifs is 1. The molecule has 0 atom stereocenters. The maximum atomic E-state index is 12.0. The van der Waals surface area contributed by atoms with Crippen LogP contribution in [0.5, 0.6) is 5.75 Å². The van der Waals surface area contributed by atoms with Crippen LogP contribution in [0.4, 0.5) is 0 Å². The van der Waals surface area contributed by atoms with Crippen LogP contribution in [0, 0.1) is 6.92 Å². The second-order valence-electron chi connectivity index (χ2n) is 5.04. The second-order valence-corrected chi connectivity index (χ2v) is 5.90. The summed E-state index contributed by atoms with van der Waals surface area (Å²) < 4.78 is 11.4. The summed E-state index contributed by atoms with van der Waals surface area (Å²) in [6.07, 6.45) is 0.720. The van der Waals surface area contributed by atoms with Crippen molar-refractivity contribution in [3.8, 4) is 16.9 Å². The smallest absolute Gasteiger partial charge is 0.339 e. The summed E-state index contributed by atoms with van der Waals surface area (Å²) in [6.45, 7) is 2.65. The molecule has 21 heavy (non-hydrogen) atoms. The van der Waals surface area contributed by atoms with E-state index < -0.39 is 0 Å². The Labute approximate surface area is 132 Å². The van der Waals surface area contributed by atoms with Gasteiger partial charge in [-0.2, -0.15) is 0 Å². The summed E-state index contributed by atoms with van der Waals surface area (Å²) in [4.78, 5) is 12.0. The van der Waals surface area contributed by atoms with Crippen LogP contribution in [-0.4, -0.2) is 19.7 Å². The van der Waals surface area contributed by atoms with Crippen molar-refractivity contribution >= 4 is 21.9 Å². The minimum Gasteiger partial charge on any atom is -0.492 e. The highest BCUT2D eigenvalue weighted by atomic mass is 79.9. The van der Waals surface area contributed by atoms with E-state index in [9.17, 15) is 4.79 Å². The van der Waals surface area contributed by atoms with Gasteiger partial charge in [0.1, 0.15) is 5.75 Å². The van der Waals surface area contributed by atoms with E-state index in [4.69, 9.17) is 9.47 Å². The van der Waals surface area contributed by atoms with E-state index >= 15 is 0 Å². The average molecular weight is 347 g/mol. The topological polar surface area (TPSA) is 35.5 Å². The molecule has 0 bridgehead atoms. The minimum absolute atomic E-state index is 0.334. The maximum absolute atomic E-state index is 12.0. The molecule has 4 heteroatoms. The lowest BCUT2D eigenvalue weighted by Crippen LogP contribution is -2.06. The molecule has 2 aromatic carbocycles. The average Bonchev–Trinajstić information content (AvgIpc) is 2.95. The molecule has 0 spiro atoms. The number of benzene rings is 2. The quantitative estimate of drug-likeness (QED) is 0.766. The van der Waals surface area contributed by atoms with Crippen LogP contribution >= 0.6 is 15.9 Å². The molecule has 0 saturated heterocycles. The molecule has 0 amide bonds. The zero-order valence-corrected chi connectivity index (χ0v) is 13.5. The predicted molar refractivity (Wildman–Crippen MR) is 84.9 cm³/mol. The highest BCUT2D eigenvalue weighted by molar-refractivity contribution is 9.10. The highest BCUT2D eigenvalue weighted by Gasteiger charge is 2.27. The van der Waals surface area contributed by atoms with Gasteiger partial charge in [0, 0.05) is 22.0 Å². The van der Waals surface area contributed by atoms with E-state index in [-0.39, 0.29) is 5.97 Å². The summed E-state index contributed by atoms with van der Waals surface area (Å²) in [5.74, 6) is 0.460. The third-order valence-corrected chi connectivity index (χ3v) is 4.31. The summed E-state index contributed by atoms with van der Waals surface area (Å²) in [7, 11) is 1.39. The molecule has 1 heterocycles. The van der Waals surface area contributed by atoms with Crippen molar-refractivity contribution < 1.29 is 14.3 Å². The third-order valence-electron chi connectivity index (χ3n) is 3.68. The normalized spacial score (nSPS) is 12.7. The first-order valence-electron chi connectivity index (χ1n) is 6.75. The maximum Gasteiger partial charge on any atom is 0.339 e. The molecule has 2 aromatic rings. The number of esters is 1. The Morgan fingerprint density at radius 3 is 2.67 bits per heavy atom. The summed E-state index contributed by atoms with van der Waals surface area (Å²) >= 11 is 3.50. The third kappa shape index (κ3) is 2.44. The monoisotopic (exact) mass is 346 g/mol. The van der Waals surface area contributed by atoms with Gasteiger partial charge in [-0.15, -0.1) is 0 Å².